The van der Waals surface area contributed by atoms with Crippen LogP contribution in [0.5, 0.6) is 0 Å². The van der Waals surface area contributed by atoms with Gasteiger partial charge in [0.05, 0.1) is 24.4 Å². The van der Waals surface area contributed by atoms with Crippen molar-refractivity contribution in [1.82, 2.24) is 4.98 Å². The molecule has 3 nitrogen and oxygen atoms in total. The van der Waals surface area contributed by atoms with Crippen LogP contribution in [0.4, 0.5) is 11.4 Å². The Balaban J connectivity index is 1.87. The van der Waals surface area contributed by atoms with Crippen LogP contribution in [0.2, 0.25) is 0 Å². The molecule has 3 heteroatoms. The summed E-state index contributed by atoms with van der Waals surface area (Å²) in [4.78, 5) is 4.63. The third-order valence-electron chi connectivity index (χ3n) is 3.96. The fourth-order valence-corrected chi connectivity index (χ4v) is 2.82. The van der Waals surface area contributed by atoms with E-state index in [9.17, 15) is 0 Å². The number of hydrogen-bond acceptors (Lipinski definition) is 3. The fourth-order valence-electron chi connectivity index (χ4n) is 2.82. The normalized spacial score (nSPS) is 13.5. The summed E-state index contributed by atoms with van der Waals surface area (Å²) in [5.41, 5.74) is 6.74. The molecule has 0 aliphatic heterocycles. The van der Waals surface area contributed by atoms with E-state index in [2.05, 4.69) is 35.4 Å². The van der Waals surface area contributed by atoms with Crippen LogP contribution in [-0.2, 0) is 12.8 Å². The molecule has 1 aliphatic rings. The Labute approximate surface area is 131 Å². The number of benzene rings is 1. The fraction of sp³-hybridized carbons (Fsp3) is 0.263. The molecule has 0 unspecified atom stereocenters. The van der Waals surface area contributed by atoms with Gasteiger partial charge in [0, 0.05) is 16.9 Å². The zero-order valence-corrected chi connectivity index (χ0v) is 12.8. The molecule has 0 spiro atoms. The average molecular weight is 289 g/mol. The Hall–Kier alpha value is -2.60. The van der Waals surface area contributed by atoms with Crippen LogP contribution in [0, 0.1) is 11.3 Å². The molecule has 0 atom stereocenters. The van der Waals surface area contributed by atoms with Crippen LogP contribution in [-0.4, -0.2) is 4.98 Å². The molecule has 3 rings (SSSR count). The molecule has 0 saturated carbocycles. The lowest BCUT2D eigenvalue weighted by Crippen LogP contribution is -1.98. The second-order valence-electron chi connectivity index (χ2n) is 5.66. The van der Waals surface area contributed by atoms with Gasteiger partial charge in [-0.1, -0.05) is 18.2 Å². The highest BCUT2D eigenvalue weighted by Gasteiger charge is 2.10. The Morgan fingerprint density at radius 3 is 3.05 bits per heavy atom. The van der Waals surface area contributed by atoms with E-state index in [1.54, 1.807) is 0 Å². The van der Waals surface area contributed by atoms with Crippen molar-refractivity contribution in [3.63, 3.8) is 0 Å². The zero-order valence-electron chi connectivity index (χ0n) is 12.8. The van der Waals surface area contributed by atoms with E-state index < -0.39 is 0 Å². The standard InChI is InChI=1S/C19H19N3/c1-14-5-2-3-8-19-18(14)12-17(13-21-19)22-16-7-4-6-15(11-16)9-10-20/h4-7,11-13,22H,2-3,8-9H2,1H3. The van der Waals surface area contributed by atoms with Gasteiger partial charge in [0.2, 0.25) is 0 Å². The summed E-state index contributed by atoms with van der Waals surface area (Å²) < 4.78 is 0. The van der Waals surface area contributed by atoms with Crippen molar-refractivity contribution in [3.05, 3.63) is 59.4 Å². The van der Waals surface area contributed by atoms with Crippen molar-refractivity contribution in [2.24, 2.45) is 0 Å². The highest BCUT2D eigenvalue weighted by atomic mass is 14.9. The summed E-state index contributed by atoms with van der Waals surface area (Å²) in [6, 6.07) is 12.3. The first kappa shape index (κ1) is 14.3. The first-order valence-corrected chi connectivity index (χ1v) is 7.65. The summed E-state index contributed by atoms with van der Waals surface area (Å²) in [5.74, 6) is 0. The van der Waals surface area contributed by atoms with Crippen molar-refractivity contribution in [3.8, 4) is 6.07 Å². The Kier molecular flexibility index (Phi) is 4.20. The maximum absolute atomic E-state index is 8.80. The molecule has 110 valence electrons. The van der Waals surface area contributed by atoms with Gasteiger partial charge >= 0.3 is 0 Å². The maximum Gasteiger partial charge on any atom is 0.0669 e. The monoisotopic (exact) mass is 289 g/mol. The first-order chi connectivity index (χ1) is 10.8. The molecule has 0 amide bonds. The van der Waals surface area contributed by atoms with Gasteiger partial charge in [-0.3, -0.25) is 4.98 Å². The van der Waals surface area contributed by atoms with Gasteiger partial charge in [0.25, 0.3) is 0 Å². The van der Waals surface area contributed by atoms with E-state index in [0.29, 0.717) is 6.42 Å². The molecule has 1 aliphatic carbocycles. The minimum Gasteiger partial charge on any atom is -0.354 e. The summed E-state index contributed by atoms with van der Waals surface area (Å²) in [6.45, 7) is 2.16. The summed E-state index contributed by atoms with van der Waals surface area (Å²) in [5, 5.41) is 12.2. The van der Waals surface area contributed by atoms with Crippen molar-refractivity contribution in [2.45, 2.75) is 32.6 Å². The number of aryl methyl sites for hydroxylation is 1. The number of nitriles is 1. The van der Waals surface area contributed by atoms with Crippen LogP contribution in [0.15, 0.2) is 42.6 Å². The van der Waals surface area contributed by atoms with Gasteiger partial charge in [-0.25, -0.2) is 0 Å². The molecule has 2 aromatic rings. The van der Waals surface area contributed by atoms with Gasteiger partial charge < -0.3 is 5.32 Å². The van der Waals surface area contributed by atoms with E-state index in [1.807, 2.05) is 30.5 Å². The summed E-state index contributed by atoms with van der Waals surface area (Å²) >= 11 is 0. The number of nitrogens with zero attached hydrogens (tertiary/aromatic N) is 2. The summed E-state index contributed by atoms with van der Waals surface area (Å²) in [7, 11) is 0. The lowest BCUT2D eigenvalue weighted by molar-refractivity contribution is 0.826. The Morgan fingerprint density at radius 2 is 2.18 bits per heavy atom. The van der Waals surface area contributed by atoms with E-state index >= 15 is 0 Å². The van der Waals surface area contributed by atoms with E-state index in [4.69, 9.17) is 5.26 Å². The Morgan fingerprint density at radius 1 is 1.27 bits per heavy atom. The van der Waals surface area contributed by atoms with Gasteiger partial charge in [0.15, 0.2) is 0 Å². The molecule has 0 radical (unpaired) electrons. The molecule has 0 saturated heterocycles. The van der Waals surface area contributed by atoms with Crippen LogP contribution >= 0.6 is 0 Å². The molecule has 1 aromatic carbocycles. The number of pyridine rings is 1. The lowest BCUT2D eigenvalue weighted by atomic mass is 10.0. The minimum atomic E-state index is 0.430. The van der Waals surface area contributed by atoms with Crippen molar-refractivity contribution in [2.75, 3.05) is 5.32 Å². The predicted molar refractivity (Wildman–Crippen MR) is 89.9 cm³/mol. The molecule has 1 heterocycles. The molecule has 1 N–H and O–H groups in total. The quantitative estimate of drug-likeness (QED) is 0.896. The highest BCUT2D eigenvalue weighted by molar-refractivity contribution is 5.71. The highest BCUT2D eigenvalue weighted by Crippen LogP contribution is 2.27. The first-order valence-electron chi connectivity index (χ1n) is 7.65. The van der Waals surface area contributed by atoms with Crippen molar-refractivity contribution in [1.29, 1.82) is 5.26 Å². The van der Waals surface area contributed by atoms with Gasteiger partial charge in [0.1, 0.15) is 0 Å². The van der Waals surface area contributed by atoms with Crippen molar-refractivity contribution >= 4 is 16.9 Å². The number of fused-ring (bicyclic) bond motifs is 1. The van der Waals surface area contributed by atoms with Crippen LogP contribution in [0.25, 0.3) is 5.57 Å². The number of anilines is 2. The Bertz CT molecular complexity index is 754. The number of hydrogen-bond donors (Lipinski definition) is 1. The molecular formula is C19H19N3. The smallest absolute Gasteiger partial charge is 0.0669 e. The topological polar surface area (TPSA) is 48.7 Å². The number of rotatable bonds is 3. The van der Waals surface area contributed by atoms with E-state index in [0.717, 1.165) is 29.8 Å². The van der Waals surface area contributed by atoms with Crippen molar-refractivity contribution < 1.29 is 0 Å². The third-order valence-corrected chi connectivity index (χ3v) is 3.96. The molecule has 0 fully saturated rings. The van der Waals surface area contributed by atoms with Crippen LogP contribution in [0.1, 0.15) is 36.6 Å². The number of allylic oxidation sites excluding steroid dienone is 2. The second kappa shape index (κ2) is 6.44. The summed E-state index contributed by atoms with van der Waals surface area (Å²) in [6.07, 6.45) is 7.96. The van der Waals surface area contributed by atoms with Crippen LogP contribution in [0.3, 0.4) is 0 Å². The average Bonchev–Trinajstić information content (AvgIpc) is 2.70. The lowest BCUT2D eigenvalue weighted by Gasteiger charge is -2.12. The number of nitrogens with one attached hydrogen (secondary N) is 1. The van der Waals surface area contributed by atoms with Gasteiger partial charge in [-0.2, -0.15) is 5.26 Å². The number of aromatic nitrogens is 1. The SMILES string of the molecule is CC1=CCCCc2ncc(Nc3cccc(CC#N)c3)cc21. The van der Waals surface area contributed by atoms with E-state index in [1.165, 1.54) is 23.3 Å². The van der Waals surface area contributed by atoms with Crippen LogP contribution < -0.4 is 5.32 Å². The van der Waals surface area contributed by atoms with E-state index in [-0.39, 0.29) is 0 Å². The molecule has 22 heavy (non-hydrogen) atoms. The minimum absolute atomic E-state index is 0.430. The second-order valence-corrected chi connectivity index (χ2v) is 5.66. The van der Waals surface area contributed by atoms with Gasteiger partial charge in [-0.05, 0) is 55.5 Å². The molecular weight excluding hydrogens is 270 g/mol. The molecule has 0 bridgehead atoms. The molecule has 1 aromatic heterocycles. The largest absolute Gasteiger partial charge is 0.354 e. The third kappa shape index (κ3) is 3.17. The zero-order chi connectivity index (χ0) is 15.4. The van der Waals surface area contributed by atoms with Gasteiger partial charge in [-0.15, -0.1) is 0 Å². The maximum atomic E-state index is 8.80. The predicted octanol–water partition coefficient (Wildman–Crippen LogP) is 4.63.